The van der Waals surface area contributed by atoms with E-state index in [1.54, 1.807) is 0 Å². The van der Waals surface area contributed by atoms with Gasteiger partial charge in [0.25, 0.3) is 50.6 Å². The van der Waals surface area contributed by atoms with Gasteiger partial charge in [-0.05, 0) is 0 Å². The lowest BCUT2D eigenvalue weighted by atomic mass is 10.3. The molecule has 143 heavy (non-hydrogen) atoms. The highest BCUT2D eigenvalue weighted by molar-refractivity contribution is 7.86. The van der Waals surface area contributed by atoms with E-state index >= 15 is 0 Å². The van der Waals surface area contributed by atoms with Crippen molar-refractivity contribution in [1.82, 2.24) is 6.15 Å². The van der Waals surface area contributed by atoms with E-state index in [1.807, 2.05) is 0 Å². The quantitative estimate of drug-likeness (QED) is 0.0244. The Morgan fingerprint density at radius 1 is 0.133 bits per heavy atom. The van der Waals surface area contributed by atoms with Gasteiger partial charge in [0.2, 0.25) is 0 Å². The van der Waals surface area contributed by atoms with Gasteiger partial charge in [0.1, 0.15) is 36.6 Å². The molecule has 0 aromatic heterocycles. The Kier molecular flexibility index (Phi) is 111. The molecule has 0 aliphatic rings. The van der Waals surface area contributed by atoms with Crippen molar-refractivity contribution in [2.45, 2.75) is 36.6 Å². The summed E-state index contributed by atoms with van der Waals surface area (Å²) in [5.41, 5.74) is 27.3. The Morgan fingerprint density at radius 2 is 0.224 bits per heavy atom. The van der Waals surface area contributed by atoms with E-state index in [4.69, 9.17) is 190 Å². The second kappa shape index (κ2) is 110. The predicted octanol–water partition coefficient (Wildman–Crippen LogP) is -5.41. The summed E-state index contributed by atoms with van der Waals surface area (Å²) in [7, 11) is -17.9. The number of hydrogen-bond acceptors (Lipinski definition) is 55. The molecule has 0 bridgehead atoms. The minimum Gasteiger partial charge on any atom is -0.378 e. The van der Waals surface area contributed by atoms with Crippen molar-refractivity contribution in [3.63, 3.8) is 0 Å². The molecule has 55 nitrogen and oxygen atoms in total. The maximum absolute atomic E-state index is 11.2. The molecule has 4 atom stereocenters. The lowest BCUT2D eigenvalue weighted by molar-refractivity contribution is -0.121. The van der Waals surface area contributed by atoms with Crippen LogP contribution in [0.2, 0.25) is 0 Å². The van der Waals surface area contributed by atoms with Crippen molar-refractivity contribution in [3.8, 4) is 0 Å². The molecule has 0 heterocycles. The van der Waals surface area contributed by atoms with Crippen molar-refractivity contribution in [1.29, 1.82) is 0 Å². The van der Waals surface area contributed by atoms with Crippen LogP contribution < -0.4 is 34.8 Å². The molecule has 0 saturated carbocycles. The molecule has 864 valence electrons. The summed E-state index contributed by atoms with van der Waals surface area (Å²) in [4.78, 5) is 0. The number of hydrogen-bond donors (Lipinski definition) is 6. The van der Waals surface area contributed by atoms with Crippen LogP contribution in [-0.4, -0.2) is 585 Å². The van der Waals surface area contributed by atoms with Gasteiger partial charge in [0, 0.05) is 32.7 Å². The second-order valence-electron chi connectivity index (χ2n) is 29.2. The fourth-order valence-electron chi connectivity index (χ4n) is 10.0. The van der Waals surface area contributed by atoms with Crippen LogP contribution in [0.25, 0.3) is 0 Å². The van der Waals surface area contributed by atoms with Crippen LogP contribution in [0.4, 0.5) is 0 Å². The maximum Gasteiger partial charge on any atom is 0.264 e. The molecule has 0 aromatic rings. The third kappa shape index (κ3) is 125. The molecule has 0 aliphatic heterocycles. The molecule has 0 rings (SSSR count). The second-order valence-corrected chi connectivity index (χ2v) is 37.4. The lowest BCUT2D eigenvalue weighted by Crippen LogP contribution is -2.34. The zero-order chi connectivity index (χ0) is 104. The van der Waals surface area contributed by atoms with Gasteiger partial charge in [0.05, 0.1) is 474 Å². The van der Waals surface area contributed by atoms with Gasteiger partial charge >= 0.3 is 0 Å². The van der Waals surface area contributed by atoms with Crippen molar-refractivity contribution in [2.75, 3.05) is 507 Å². The van der Waals surface area contributed by atoms with Gasteiger partial charge in [-0.15, -0.1) is 0 Å². The molecule has 13 N–H and O–H groups in total. The minimum absolute atomic E-state index is 0. The number of nitrogens with two attached hydrogens (primary N) is 5. The summed E-state index contributed by atoms with van der Waals surface area (Å²) in [5.74, 6) is 0. The van der Waals surface area contributed by atoms with Gasteiger partial charge in [-0.3, -0.25) is 20.9 Å². The van der Waals surface area contributed by atoms with E-state index in [9.17, 15) is 42.1 Å². The third-order valence-electron chi connectivity index (χ3n) is 16.3. The average Bonchev–Trinajstić information content (AvgIpc) is 0.945. The molecule has 0 aromatic carbocycles. The lowest BCUT2D eigenvalue weighted by Gasteiger charge is -2.23. The average molecular weight is 2200 g/mol. The highest BCUT2D eigenvalue weighted by atomic mass is 32.2. The number of ether oxygens (including phenoxy) is 34. The first-order valence-electron chi connectivity index (χ1n) is 47.2. The van der Waals surface area contributed by atoms with Crippen molar-refractivity contribution < 1.29 is 224 Å². The zero-order valence-corrected chi connectivity index (χ0v) is 89.1. The van der Waals surface area contributed by atoms with Gasteiger partial charge in [0.15, 0.2) is 0 Å². The molecule has 4 unspecified atom stereocenters. The maximum atomic E-state index is 11.2. The third-order valence-corrected chi connectivity index (χ3v) is 19.3. The summed E-state index contributed by atoms with van der Waals surface area (Å²) >= 11 is 0. The van der Waals surface area contributed by atoms with Crippen LogP contribution in [0.15, 0.2) is 0 Å². The Labute approximate surface area is 848 Å². The smallest absolute Gasteiger partial charge is 0.264 e. The molecule has 0 fully saturated rings. The van der Waals surface area contributed by atoms with Gasteiger partial charge in [-0.2, -0.15) is 42.1 Å². The SMILES string of the molecule is CS(=O)(=O)OCCOCCOCCOCC(COCC(COCC(COCCOCCOCCOS(C)(=O)=O)OCCOCCOCCOS(C)(=O)=O)OCCOCCOCCOS(C)(=O)=O)OCCOCCOCCOS(C)(=O)=O.N.NCCOCCOCCOCC(COCC(COCC(COCCOCCOCCN)OCCOCCOCCN)OCCOCCOCCN)OCCOCCOCCN. The summed E-state index contributed by atoms with van der Waals surface area (Å²) in [5, 5.41) is 0. The molecular weight excluding hydrogens is 2030 g/mol. The predicted molar refractivity (Wildman–Crippen MR) is 516 cm³/mol. The van der Waals surface area contributed by atoms with Crippen LogP contribution in [0.3, 0.4) is 0 Å². The standard InChI is InChI=1S/C44H90O32S5.C39H85N5O17.H3N/c1-77(45,46)72-31-23-60-11-6-55-16-18-65-36-42(69-28-20-57-8-13-62-25-33-74-79(3,49)50)38-67-40-44(71-30-22-59-10-15-64-27-35-76-81(5,53)54)41-68-39-43(70-29-21-58-9-14-63-26-34-75-80(4,51)52)37-66-19-17-56-7-12-61-24-32-73-78(2,47)48;40-1-6-45-11-16-50-21-23-55-31-37(59-28-25-52-18-13-47-8-3-42)33-57-35-39(61-30-27-54-20-15-49-10-5-44)36-58-34-38(60-29-26-53-19-14-48-9-4-43)32-56-24-22-51-17-12-46-7-2-41;/h42-44H,6-41H2,1-5H3;37-39H,1-36,40-44H2;1H3. The van der Waals surface area contributed by atoms with Crippen molar-refractivity contribution in [3.05, 3.63) is 0 Å². The van der Waals surface area contributed by atoms with Gasteiger partial charge in [-0.25, -0.2) is 0 Å². The Bertz CT molecular complexity index is 3020. The monoisotopic (exact) mass is 2200 g/mol. The zero-order valence-electron chi connectivity index (χ0n) is 85.0. The summed E-state index contributed by atoms with van der Waals surface area (Å²) in [6.07, 6.45) is 1.73. The fourth-order valence-corrected chi connectivity index (χ4v) is 11.9. The topological polar surface area (TPSA) is 696 Å². The Hall–Kier alpha value is -2.05. The molecule has 0 spiro atoms. The van der Waals surface area contributed by atoms with E-state index < -0.39 is 75.0 Å². The summed E-state index contributed by atoms with van der Waals surface area (Å²) in [6.45, 7) is 18.3. The first-order valence-corrected chi connectivity index (χ1v) is 56.3. The molecular formula is C83H178N6O49S5. The van der Waals surface area contributed by atoms with E-state index in [2.05, 4.69) is 20.9 Å². The largest absolute Gasteiger partial charge is 0.378 e. The highest BCUT2D eigenvalue weighted by Gasteiger charge is 2.22. The van der Waals surface area contributed by atoms with E-state index in [1.165, 1.54) is 0 Å². The van der Waals surface area contributed by atoms with Crippen LogP contribution in [-0.2, 0) is 233 Å². The van der Waals surface area contributed by atoms with Crippen LogP contribution >= 0.6 is 0 Å². The van der Waals surface area contributed by atoms with E-state index in [-0.39, 0.29) is 296 Å². The molecule has 0 amide bonds. The van der Waals surface area contributed by atoms with Crippen molar-refractivity contribution in [2.24, 2.45) is 28.7 Å². The highest BCUT2D eigenvalue weighted by Crippen LogP contribution is 2.08. The van der Waals surface area contributed by atoms with Gasteiger partial charge < -0.3 is 196 Å². The van der Waals surface area contributed by atoms with Crippen LogP contribution in [0.1, 0.15) is 0 Å². The molecule has 0 aliphatic carbocycles. The normalized spacial score (nSPS) is 13.6. The summed E-state index contributed by atoms with van der Waals surface area (Å²) in [6, 6.07) is 0. The van der Waals surface area contributed by atoms with Gasteiger partial charge in [-0.1, -0.05) is 0 Å². The number of rotatable bonds is 120. The van der Waals surface area contributed by atoms with Crippen LogP contribution in [0, 0.1) is 0 Å². The first kappa shape index (κ1) is 145. The minimum atomic E-state index is -3.59. The Balaban J connectivity index is -0.00000283. The Morgan fingerprint density at radius 3 is 0.336 bits per heavy atom. The first-order chi connectivity index (χ1) is 68.7. The van der Waals surface area contributed by atoms with Crippen LogP contribution in [0.5, 0.6) is 0 Å². The molecule has 60 heteroatoms. The summed E-state index contributed by atoms with van der Waals surface area (Å²) < 4.78 is 328. The molecule has 0 radical (unpaired) electrons. The van der Waals surface area contributed by atoms with E-state index in [0.29, 0.717) is 198 Å². The fraction of sp³-hybridized carbons (Fsp3) is 1.00. The molecule has 0 saturated heterocycles. The van der Waals surface area contributed by atoms with Crippen molar-refractivity contribution >= 4 is 50.6 Å². The van der Waals surface area contributed by atoms with E-state index in [0.717, 1.165) is 31.3 Å².